The van der Waals surface area contributed by atoms with Crippen molar-refractivity contribution in [1.82, 2.24) is 15.3 Å². The molecule has 0 unspecified atom stereocenters. The molecule has 2 atom stereocenters. The molecule has 2 fully saturated rings. The van der Waals surface area contributed by atoms with Crippen LogP contribution in [-0.2, 0) is 19.3 Å². The van der Waals surface area contributed by atoms with E-state index in [1.54, 1.807) is 61.5 Å². The van der Waals surface area contributed by atoms with Crippen LogP contribution in [0, 0.1) is 0 Å². The molecule has 1 aliphatic heterocycles. The molecule has 0 bridgehead atoms. The monoisotopic (exact) mass is 551 g/mol. The standard InChI is InChI=1S/C28H33N5O5S/c1-19(17-34)29-27(35)30-22-10-8-21(9-11-22)26-31-24(16-25(32-26)33-14-15-38-18-20(33)2)28(12-13-28)39(36,37)23-6-4-3-5-7-23/h3-11,16,19-20,34H,12-15,17-18H2,1-2H3,(H2,29,30,35)/t19-,20-/m0/s1. The first-order chi connectivity index (χ1) is 18.7. The Morgan fingerprint density at radius 2 is 1.87 bits per heavy atom. The third-order valence-electron chi connectivity index (χ3n) is 7.17. The van der Waals surface area contributed by atoms with Crippen LogP contribution in [0.25, 0.3) is 11.4 Å². The molecule has 2 amide bonds. The molecule has 5 rings (SSSR count). The van der Waals surface area contributed by atoms with E-state index in [0.29, 0.717) is 61.2 Å². The molecule has 39 heavy (non-hydrogen) atoms. The van der Waals surface area contributed by atoms with Gasteiger partial charge in [-0.2, -0.15) is 0 Å². The van der Waals surface area contributed by atoms with Gasteiger partial charge in [0.15, 0.2) is 15.7 Å². The average Bonchev–Trinajstić information content (AvgIpc) is 3.77. The lowest BCUT2D eigenvalue weighted by molar-refractivity contribution is 0.0985. The van der Waals surface area contributed by atoms with Crippen molar-refractivity contribution < 1.29 is 23.1 Å². The number of nitrogens with zero attached hydrogens (tertiary/aromatic N) is 3. The molecule has 0 spiro atoms. The van der Waals surface area contributed by atoms with Gasteiger partial charge in [-0.25, -0.2) is 23.2 Å². The van der Waals surface area contributed by atoms with Crippen LogP contribution >= 0.6 is 0 Å². The molecule has 10 nitrogen and oxygen atoms in total. The number of ether oxygens (including phenoxy) is 1. The number of aliphatic hydroxyl groups is 1. The Kier molecular flexibility index (Phi) is 7.57. The van der Waals surface area contributed by atoms with E-state index in [9.17, 15) is 13.2 Å². The molecular weight excluding hydrogens is 518 g/mol. The Labute approximate surface area is 228 Å². The van der Waals surface area contributed by atoms with Gasteiger partial charge in [0.1, 0.15) is 10.6 Å². The van der Waals surface area contributed by atoms with Crippen LogP contribution in [0.2, 0.25) is 0 Å². The van der Waals surface area contributed by atoms with Crippen molar-refractivity contribution in [3.63, 3.8) is 0 Å². The van der Waals surface area contributed by atoms with Gasteiger partial charge in [-0.05, 0) is 63.1 Å². The topological polar surface area (TPSA) is 134 Å². The summed E-state index contributed by atoms with van der Waals surface area (Å²) in [7, 11) is -3.68. The number of sulfone groups is 1. The molecule has 11 heteroatoms. The van der Waals surface area contributed by atoms with E-state index in [-0.39, 0.29) is 23.6 Å². The third-order valence-corrected chi connectivity index (χ3v) is 9.70. The van der Waals surface area contributed by atoms with E-state index < -0.39 is 20.6 Å². The summed E-state index contributed by atoms with van der Waals surface area (Å²) in [4.78, 5) is 24.2. The van der Waals surface area contributed by atoms with Crippen molar-refractivity contribution in [2.45, 2.75) is 48.4 Å². The number of rotatable bonds is 8. The van der Waals surface area contributed by atoms with Crippen molar-refractivity contribution in [1.29, 1.82) is 0 Å². The van der Waals surface area contributed by atoms with Crippen LogP contribution < -0.4 is 15.5 Å². The van der Waals surface area contributed by atoms with Gasteiger partial charge >= 0.3 is 6.03 Å². The number of urea groups is 1. The summed E-state index contributed by atoms with van der Waals surface area (Å²) >= 11 is 0. The van der Waals surface area contributed by atoms with Gasteiger partial charge in [-0.3, -0.25) is 0 Å². The quantitative estimate of drug-likeness (QED) is 0.388. The molecule has 3 aromatic rings. The van der Waals surface area contributed by atoms with Crippen LogP contribution in [0.15, 0.2) is 65.6 Å². The molecular formula is C28H33N5O5S. The highest BCUT2D eigenvalue weighted by molar-refractivity contribution is 7.92. The second-order valence-electron chi connectivity index (χ2n) is 10.1. The lowest BCUT2D eigenvalue weighted by Gasteiger charge is -2.34. The van der Waals surface area contributed by atoms with Crippen LogP contribution in [0.3, 0.4) is 0 Å². The fourth-order valence-electron chi connectivity index (χ4n) is 4.75. The second-order valence-corrected chi connectivity index (χ2v) is 12.4. The molecule has 1 aliphatic carbocycles. The van der Waals surface area contributed by atoms with Crippen molar-refractivity contribution in [3.8, 4) is 11.4 Å². The predicted molar refractivity (Wildman–Crippen MR) is 148 cm³/mol. The zero-order valence-corrected chi connectivity index (χ0v) is 22.8. The van der Waals surface area contributed by atoms with Gasteiger partial charge in [-0.15, -0.1) is 0 Å². The third kappa shape index (κ3) is 5.47. The Balaban J connectivity index is 1.51. The molecule has 206 valence electrons. The number of amides is 2. The molecule has 1 aromatic heterocycles. The number of hydrogen-bond acceptors (Lipinski definition) is 8. The lowest BCUT2D eigenvalue weighted by atomic mass is 10.1. The number of hydrogen-bond donors (Lipinski definition) is 3. The van der Waals surface area contributed by atoms with E-state index in [1.165, 1.54) is 0 Å². The molecule has 2 aromatic carbocycles. The summed E-state index contributed by atoms with van der Waals surface area (Å²) in [5, 5.41) is 14.5. The summed E-state index contributed by atoms with van der Waals surface area (Å²) < 4.78 is 32.1. The molecule has 0 radical (unpaired) electrons. The molecule has 1 saturated carbocycles. The van der Waals surface area contributed by atoms with Crippen LogP contribution in [0.5, 0.6) is 0 Å². The Bertz CT molecular complexity index is 1430. The number of morpholine rings is 1. The number of carbonyl (C=O) groups excluding carboxylic acids is 1. The smallest absolute Gasteiger partial charge is 0.319 e. The van der Waals surface area contributed by atoms with Crippen molar-refractivity contribution in [2.75, 3.05) is 36.6 Å². The van der Waals surface area contributed by atoms with Gasteiger partial charge in [0.2, 0.25) is 0 Å². The summed E-state index contributed by atoms with van der Waals surface area (Å²) in [5.74, 6) is 1.08. The van der Waals surface area contributed by atoms with Gasteiger partial charge in [-0.1, -0.05) is 18.2 Å². The second kappa shape index (κ2) is 10.9. The van der Waals surface area contributed by atoms with Gasteiger partial charge in [0.05, 0.1) is 42.5 Å². The Morgan fingerprint density at radius 3 is 2.51 bits per heavy atom. The normalized spacial score (nSPS) is 19.3. The SMILES string of the molecule is C[C@@H](CO)NC(=O)Nc1ccc(-c2nc(N3CCOC[C@@H]3C)cc(C3(S(=O)(=O)c4ccccc4)CC3)n2)cc1. The molecule has 2 heterocycles. The number of carbonyl (C=O) groups is 1. The summed E-state index contributed by atoms with van der Waals surface area (Å²) in [5.41, 5.74) is 1.75. The molecule has 2 aliphatic rings. The molecule has 3 N–H and O–H groups in total. The fourth-order valence-corrected chi connectivity index (χ4v) is 6.74. The fraction of sp³-hybridized carbons (Fsp3) is 0.393. The lowest BCUT2D eigenvalue weighted by Crippen LogP contribution is -2.44. The van der Waals surface area contributed by atoms with E-state index in [2.05, 4.69) is 22.5 Å². The van der Waals surface area contributed by atoms with Gasteiger partial charge in [0, 0.05) is 23.9 Å². The maximum absolute atomic E-state index is 13.8. The van der Waals surface area contributed by atoms with Gasteiger partial charge < -0.3 is 25.4 Å². The van der Waals surface area contributed by atoms with Crippen LogP contribution in [0.4, 0.5) is 16.3 Å². The Morgan fingerprint density at radius 1 is 1.15 bits per heavy atom. The first kappa shape index (κ1) is 27.0. The first-order valence-corrected chi connectivity index (χ1v) is 14.5. The summed E-state index contributed by atoms with van der Waals surface area (Å²) in [6.45, 7) is 5.34. The molecule has 1 saturated heterocycles. The van der Waals surface area contributed by atoms with Crippen LogP contribution in [-0.4, -0.2) is 68.0 Å². The number of aliphatic hydroxyl groups excluding tert-OH is 1. The van der Waals surface area contributed by atoms with E-state index in [0.717, 1.165) is 0 Å². The van der Waals surface area contributed by atoms with E-state index in [4.69, 9.17) is 19.8 Å². The number of anilines is 2. The number of aromatic nitrogens is 2. The predicted octanol–water partition coefficient (Wildman–Crippen LogP) is 3.33. The van der Waals surface area contributed by atoms with Gasteiger partial charge in [0.25, 0.3) is 0 Å². The maximum Gasteiger partial charge on any atom is 0.319 e. The highest BCUT2D eigenvalue weighted by Gasteiger charge is 2.58. The zero-order valence-electron chi connectivity index (χ0n) is 22.0. The highest BCUT2D eigenvalue weighted by Crippen LogP contribution is 2.55. The number of nitrogens with one attached hydrogen (secondary N) is 2. The largest absolute Gasteiger partial charge is 0.394 e. The van der Waals surface area contributed by atoms with E-state index >= 15 is 0 Å². The summed E-state index contributed by atoms with van der Waals surface area (Å²) in [6.07, 6.45) is 0.978. The minimum atomic E-state index is -3.68. The highest BCUT2D eigenvalue weighted by atomic mass is 32.2. The average molecular weight is 552 g/mol. The van der Waals surface area contributed by atoms with E-state index in [1.807, 2.05) is 6.07 Å². The van der Waals surface area contributed by atoms with Crippen molar-refractivity contribution >= 4 is 27.4 Å². The minimum absolute atomic E-state index is 0.0710. The zero-order chi connectivity index (χ0) is 27.6. The number of benzene rings is 2. The maximum atomic E-state index is 13.8. The minimum Gasteiger partial charge on any atom is -0.394 e. The van der Waals surface area contributed by atoms with Crippen molar-refractivity contribution in [2.24, 2.45) is 0 Å². The summed E-state index contributed by atoms with van der Waals surface area (Å²) in [6, 6.07) is 16.7. The van der Waals surface area contributed by atoms with Crippen LogP contribution in [0.1, 0.15) is 32.4 Å². The van der Waals surface area contributed by atoms with Crippen molar-refractivity contribution in [3.05, 3.63) is 66.4 Å². The first-order valence-electron chi connectivity index (χ1n) is 13.1. The Hall–Kier alpha value is -3.54.